The van der Waals surface area contributed by atoms with Crippen LogP contribution in [0, 0.1) is 4.77 Å². The molecule has 0 amide bonds. The SMILES string of the molecule is CCCCCCCCNc1nc(=S)nc([S-])[nH]1.[Na+]. The number of H-pyrrole nitrogens is 1. The van der Waals surface area contributed by atoms with Crippen LogP contribution in [-0.2, 0) is 12.6 Å². The average molecular weight is 294 g/mol. The molecule has 4 nitrogen and oxygen atoms in total. The Kier molecular flexibility index (Phi) is 11.3. The van der Waals surface area contributed by atoms with Gasteiger partial charge in [-0.2, -0.15) is 4.98 Å². The van der Waals surface area contributed by atoms with Crippen LogP contribution in [0.4, 0.5) is 5.95 Å². The Morgan fingerprint density at radius 2 is 1.83 bits per heavy atom. The molecule has 2 N–H and O–H groups in total. The van der Waals surface area contributed by atoms with Gasteiger partial charge in [0.1, 0.15) is 0 Å². The quantitative estimate of drug-likeness (QED) is 0.311. The van der Waals surface area contributed by atoms with E-state index in [1.54, 1.807) is 0 Å². The molecule has 0 saturated carbocycles. The van der Waals surface area contributed by atoms with E-state index in [9.17, 15) is 0 Å². The Labute approximate surface area is 141 Å². The van der Waals surface area contributed by atoms with Gasteiger partial charge < -0.3 is 22.9 Å². The van der Waals surface area contributed by atoms with Gasteiger partial charge in [-0.05, 0) is 23.8 Å². The molecule has 0 aliphatic rings. The van der Waals surface area contributed by atoms with Crippen LogP contribution in [0.15, 0.2) is 5.16 Å². The summed E-state index contributed by atoms with van der Waals surface area (Å²) in [5.74, 6) is 0.628. The summed E-state index contributed by atoms with van der Waals surface area (Å²) in [5.41, 5.74) is 0. The third-order valence-corrected chi connectivity index (χ3v) is 2.83. The average Bonchev–Trinajstić information content (AvgIpc) is 2.26. The van der Waals surface area contributed by atoms with Crippen LogP contribution >= 0.6 is 12.2 Å². The van der Waals surface area contributed by atoms with Crippen molar-refractivity contribution in [2.24, 2.45) is 0 Å². The number of aromatic nitrogens is 3. The second kappa shape index (κ2) is 11.1. The molecule has 0 atom stereocenters. The van der Waals surface area contributed by atoms with Gasteiger partial charge in [0.05, 0.1) is 0 Å². The Bertz CT molecular complexity index is 384. The predicted molar refractivity (Wildman–Crippen MR) is 74.7 cm³/mol. The number of rotatable bonds is 8. The van der Waals surface area contributed by atoms with Crippen molar-refractivity contribution in [3.05, 3.63) is 4.77 Å². The van der Waals surface area contributed by atoms with Crippen LogP contribution in [0.3, 0.4) is 0 Å². The molecule has 96 valence electrons. The van der Waals surface area contributed by atoms with E-state index >= 15 is 0 Å². The molecule has 0 aliphatic heterocycles. The first-order chi connectivity index (χ1) is 8.22. The molecule has 0 spiro atoms. The van der Waals surface area contributed by atoms with Gasteiger partial charge >= 0.3 is 29.6 Å². The van der Waals surface area contributed by atoms with Gasteiger partial charge in [-0.25, -0.2) is 4.98 Å². The second-order valence-corrected chi connectivity index (χ2v) is 4.73. The number of hydrogen-bond donors (Lipinski definition) is 2. The molecule has 0 saturated heterocycles. The monoisotopic (exact) mass is 294 g/mol. The molecule has 0 fully saturated rings. The van der Waals surface area contributed by atoms with Crippen LogP contribution < -0.4 is 34.9 Å². The van der Waals surface area contributed by atoms with E-state index in [0.717, 1.165) is 13.0 Å². The van der Waals surface area contributed by atoms with E-state index in [1.807, 2.05) is 0 Å². The van der Waals surface area contributed by atoms with E-state index in [-0.39, 0.29) is 29.6 Å². The summed E-state index contributed by atoms with van der Waals surface area (Å²) in [5, 5.41) is 3.56. The molecule has 1 rings (SSSR count). The van der Waals surface area contributed by atoms with Gasteiger partial charge in [-0.1, -0.05) is 39.0 Å². The zero-order valence-corrected chi connectivity index (χ0v) is 14.8. The van der Waals surface area contributed by atoms with E-state index in [1.165, 1.54) is 32.1 Å². The van der Waals surface area contributed by atoms with Crippen LogP contribution in [0.25, 0.3) is 0 Å². The number of nitrogens with zero attached hydrogens (tertiary/aromatic N) is 2. The van der Waals surface area contributed by atoms with Crippen molar-refractivity contribution in [2.75, 3.05) is 11.9 Å². The maximum absolute atomic E-state index is 4.92. The molecule has 0 unspecified atom stereocenters. The zero-order chi connectivity index (χ0) is 12.5. The molecule has 18 heavy (non-hydrogen) atoms. The van der Waals surface area contributed by atoms with Crippen molar-refractivity contribution in [3.8, 4) is 0 Å². The second-order valence-electron chi connectivity index (χ2n) is 3.98. The molecule has 0 aromatic carbocycles. The molecular formula is C11H19N4NaS2. The van der Waals surface area contributed by atoms with E-state index < -0.39 is 0 Å². The van der Waals surface area contributed by atoms with Gasteiger partial charge in [0.2, 0.25) is 10.7 Å². The fourth-order valence-corrected chi connectivity index (χ4v) is 1.98. The largest absolute Gasteiger partial charge is 1.00 e. The minimum atomic E-state index is 0. The van der Waals surface area contributed by atoms with Gasteiger partial charge in [0.15, 0.2) is 0 Å². The first-order valence-electron chi connectivity index (χ1n) is 6.11. The molecule has 1 aromatic rings. The summed E-state index contributed by atoms with van der Waals surface area (Å²) in [6.45, 7) is 3.12. The minimum absolute atomic E-state index is 0. The van der Waals surface area contributed by atoms with Crippen LogP contribution in [0.2, 0.25) is 0 Å². The molecule has 0 bridgehead atoms. The smallest absolute Gasteiger partial charge is 0.742 e. The summed E-state index contributed by atoms with van der Waals surface area (Å²) in [4.78, 5) is 10.8. The Morgan fingerprint density at radius 3 is 2.50 bits per heavy atom. The van der Waals surface area contributed by atoms with E-state index in [2.05, 4.69) is 27.2 Å². The molecular weight excluding hydrogens is 275 g/mol. The van der Waals surface area contributed by atoms with Gasteiger partial charge in [0.25, 0.3) is 0 Å². The number of hydrogen-bond acceptors (Lipinski definition) is 5. The van der Waals surface area contributed by atoms with Gasteiger partial charge in [-0.15, -0.1) is 0 Å². The third kappa shape index (κ3) is 8.37. The number of nitrogens with one attached hydrogen (secondary N) is 2. The normalized spacial score (nSPS) is 9.83. The summed E-state index contributed by atoms with van der Waals surface area (Å²) >= 11 is 9.81. The number of unbranched alkanes of at least 4 members (excludes halogenated alkanes) is 5. The maximum atomic E-state index is 4.92. The van der Waals surface area contributed by atoms with Crippen molar-refractivity contribution in [1.29, 1.82) is 0 Å². The molecule has 1 aromatic heterocycles. The summed E-state index contributed by atoms with van der Waals surface area (Å²) in [6.07, 6.45) is 7.66. The van der Waals surface area contributed by atoms with Crippen molar-refractivity contribution in [2.45, 2.75) is 50.6 Å². The van der Waals surface area contributed by atoms with E-state index in [4.69, 9.17) is 24.8 Å². The Hall–Kier alpha value is 0.250. The fraction of sp³-hybridized carbons (Fsp3) is 0.727. The fourth-order valence-electron chi connectivity index (χ4n) is 1.56. The topological polar surface area (TPSA) is 53.6 Å². The number of anilines is 1. The van der Waals surface area contributed by atoms with Crippen molar-refractivity contribution in [1.82, 2.24) is 15.0 Å². The third-order valence-electron chi connectivity index (χ3n) is 2.45. The standard InChI is InChI=1S/C11H20N4S2.Na/c1-2-3-4-5-6-7-8-12-9-13-10(16)15-11(17)14-9;/h2-8H2,1H3,(H3,12,13,14,15,16,17);/q;+1/p-1. The van der Waals surface area contributed by atoms with Crippen molar-refractivity contribution >= 4 is 30.8 Å². The molecule has 0 radical (unpaired) electrons. The summed E-state index contributed by atoms with van der Waals surface area (Å²) in [6, 6.07) is 0. The van der Waals surface area contributed by atoms with Gasteiger partial charge in [0, 0.05) is 6.54 Å². The first-order valence-corrected chi connectivity index (χ1v) is 6.93. The Balaban J connectivity index is 0.00000289. The van der Waals surface area contributed by atoms with Crippen molar-refractivity contribution < 1.29 is 29.6 Å². The van der Waals surface area contributed by atoms with Crippen molar-refractivity contribution in [3.63, 3.8) is 0 Å². The van der Waals surface area contributed by atoms with Gasteiger partial charge in [-0.3, -0.25) is 0 Å². The summed E-state index contributed by atoms with van der Waals surface area (Å²) < 4.78 is 0.291. The number of aromatic amines is 1. The Morgan fingerprint density at radius 1 is 1.17 bits per heavy atom. The molecule has 1 heterocycles. The predicted octanol–water partition coefficient (Wildman–Crippen LogP) is 0.216. The molecule has 7 heteroatoms. The van der Waals surface area contributed by atoms with E-state index in [0.29, 0.717) is 15.9 Å². The first kappa shape index (κ1) is 18.2. The zero-order valence-electron chi connectivity index (χ0n) is 11.2. The minimum Gasteiger partial charge on any atom is -0.742 e. The summed E-state index contributed by atoms with van der Waals surface area (Å²) in [7, 11) is 0. The van der Waals surface area contributed by atoms with Crippen LogP contribution in [0.1, 0.15) is 45.4 Å². The van der Waals surface area contributed by atoms with Crippen LogP contribution in [0.5, 0.6) is 0 Å². The maximum Gasteiger partial charge on any atom is 1.00 e. The molecule has 0 aliphatic carbocycles. The van der Waals surface area contributed by atoms with Crippen LogP contribution in [-0.4, -0.2) is 21.5 Å².